The van der Waals surface area contributed by atoms with Crippen LogP contribution in [0.1, 0.15) is 90.0 Å². The summed E-state index contributed by atoms with van der Waals surface area (Å²) in [6, 6.07) is 4.10. The van der Waals surface area contributed by atoms with Crippen LogP contribution in [0.4, 0.5) is 0 Å². The standard InChI is InChI=1S/C22H35NS/c1-4-6-8-10-11-13-15-22(14-12-9-7-5-2)24-20(3)21-16-18-23-19-17-21/h15-19H,3-14H2,1-2H3/b22-15-. The molecule has 0 aromatic carbocycles. The number of thioether (sulfide) groups is 1. The van der Waals surface area contributed by atoms with Crippen LogP contribution in [0, 0.1) is 0 Å². The lowest BCUT2D eigenvalue weighted by Gasteiger charge is -2.10. The lowest BCUT2D eigenvalue weighted by Crippen LogP contribution is -1.85. The van der Waals surface area contributed by atoms with Crippen molar-refractivity contribution in [2.45, 2.75) is 84.5 Å². The van der Waals surface area contributed by atoms with Gasteiger partial charge in [-0.1, -0.05) is 83.2 Å². The average molecular weight is 346 g/mol. The second kappa shape index (κ2) is 14.3. The van der Waals surface area contributed by atoms with Gasteiger partial charge in [0.25, 0.3) is 0 Å². The quantitative estimate of drug-likeness (QED) is 0.317. The first-order chi connectivity index (χ1) is 11.8. The molecule has 0 aliphatic heterocycles. The van der Waals surface area contributed by atoms with E-state index in [1.165, 1.54) is 81.1 Å². The fourth-order valence-corrected chi connectivity index (χ4v) is 3.70. The highest BCUT2D eigenvalue weighted by atomic mass is 32.2. The summed E-state index contributed by atoms with van der Waals surface area (Å²) in [4.78, 5) is 6.74. The van der Waals surface area contributed by atoms with Gasteiger partial charge < -0.3 is 0 Å². The van der Waals surface area contributed by atoms with Gasteiger partial charge in [0.1, 0.15) is 0 Å². The molecule has 0 radical (unpaired) electrons. The highest BCUT2D eigenvalue weighted by molar-refractivity contribution is 8.11. The smallest absolute Gasteiger partial charge is 0.0274 e. The summed E-state index contributed by atoms with van der Waals surface area (Å²) in [7, 11) is 0. The van der Waals surface area contributed by atoms with Crippen LogP contribution < -0.4 is 0 Å². The molecule has 0 atom stereocenters. The monoisotopic (exact) mass is 345 g/mol. The number of allylic oxidation sites excluding steroid dienone is 2. The molecule has 24 heavy (non-hydrogen) atoms. The van der Waals surface area contributed by atoms with E-state index < -0.39 is 0 Å². The van der Waals surface area contributed by atoms with Crippen LogP contribution in [0.5, 0.6) is 0 Å². The molecule has 1 heterocycles. The van der Waals surface area contributed by atoms with E-state index in [1.807, 2.05) is 24.2 Å². The molecular formula is C22H35NS. The van der Waals surface area contributed by atoms with Crippen molar-refractivity contribution < 1.29 is 0 Å². The molecule has 0 spiro atoms. The molecule has 1 aromatic rings. The molecule has 0 saturated carbocycles. The van der Waals surface area contributed by atoms with Crippen molar-refractivity contribution in [1.29, 1.82) is 0 Å². The molecule has 0 saturated heterocycles. The first-order valence-corrected chi connectivity index (χ1v) is 10.6. The second-order valence-corrected chi connectivity index (χ2v) is 7.67. The van der Waals surface area contributed by atoms with Crippen LogP contribution in [0.15, 0.2) is 42.1 Å². The zero-order valence-electron chi connectivity index (χ0n) is 15.7. The molecule has 0 aliphatic rings. The van der Waals surface area contributed by atoms with Gasteiger partial charge in [-0.2, -0.15) is 0 Å². The Kier molecular flexibility index (Phi) is 12.6. The second-order valence-electron chi connectivity index (χ2n) is 6.45. The Bertz CT molecular complexity index is 464. The van der Waals surface area contributed by atoms with Gasteiger partial charge in [0.2, 0.25) is 0 Å². The van der Waals surface area contributed by atoms with Crippen molar-refractivity contribution in [3.8, 4) is 0 Å². The first kappa shape index (κ1) is 21.0. The van der Waals surface area contributed by atoms with Crippen LogP contribution >= 0.6 is 11.8 Å². The predicted octanol–water partition coefficient (Wildman–Crippen LogP) is 8.00. The molecule has 0 fully saturated rings. The van der Waals surface area contributed by atoms with E-state index in [4.69, 9.17) is 0 Å². The van der Waals surface area contributed by atoms with E-state index in [-0.39, 0.29) is 0 Å². The predicted molar refractivity (Wildman–Crippen MR) is 111 cm³/mol. The normalized spacial score (nSPS) is 11.7. The van der Waals surface area contributed by atoms with Crippen LogP contribution in [0.3, 0.4) is 0 Å². The maximum absolute atomic E-state index is 4.27. The zero-order chi connectivity index (χ0) is 17.5. The Hall–Kier alpha value is -1.02. The molecular weight excluding hydrogens is 310 g/mol. The summed E-state index contributed by atoms with van der Waals surface area (Å²) >= 11 is 1.86. The van der Waals surface area contributed by atoms with Crippen LogP contribution in [0.25, 0.3) is 4.91 Å². The van der Waals surface area contributed by atoms with Crippen LogP contribution in [-0.4, -0.2) is 4.98 Å². The summed E-state index contributed by atoms with van der Waals surface area (Å²) in [5.41, 5.74) is 1.19. The van der Waals surface area contributed by atoms with Crippen molar-refractivity contribution in [2.24, 2.45) is 0 Å². The minimum Gasteiger partial charge on any atom is -0.265 e. The fourth-order valence-electron chi connectivity index (χ4n) is 2.69. The Morgan fingerprint density at radius 2 is 1.58 bits per heavy atom. The van der Waals surface area contributed by atoms with Crippen molar-refractivity contribution in [1.82, 2.24) is 4.98 Å². The number of hydrogen-bond donors (Lipinski definition) is 0. The largest absolute Gasteiger partial charge is 0.265 e. The molecule has 0 aliphatic carbocycles. The minimum atomic E-state index is 1.14. The number of aromatic nitrogens is 1. The first-order valence-electron chi connectivity index (χ1n) is 9.74. The highest BCUT2D eigenvalue weighted by Crippen LogP contribution is 2.35. The SMILES string of the molecule is C=C(S/C(=C\CCCCCCC)CCCCCC)c1ccncc1. The molecule has 0 bridgehead atoms. The zero-order valence-corrected chi connectivity index (χ0v) is 16.5. The van der Waals surface area contributed by atoms with E-state index in [0.29, 0.717) is 0 Å². The maximum atomic E-state index is 4.27. The van der Waals surface area contributed by atoms with Gasteiger partial charge in [-0.15, -0.1) is 0 Å². The third-order valence-corrected chi connectivity index (χ3v) is 5.33. The van der Waals surface area contributed by atoms with Crippen LogP contribution in [0.2, 0.25) is 0 Å². The highest BCUT2D eigenvalue weighted by Gasteiger charge is 2.05. The third kappa shape index (κ3) is 9.97. The molecule has 1 aromatic heterocycles. The van der Waals surface area contributed by atoms with Gasteiger partial charge in [0.05, 0.1) is 0 Å². The van der Waals surface area contributed by atoms with E-state index in [0.717, 1.165) is 4.91 Å². The van der Waals surface area contributed by atoms with Gasteiger partial charge in [0.15, 0.2) is 0 Å². The fraction of sp³-hybridized carbons (Fsp3) is 0.591. The van der Waals surface area contributed by atoms with Crippen LogP contribution in [-0.2, 0) is 0 Å². The Morgan fingerprint density at radius 1 is 0.958 bits per heavy atom. The van der Waals surface area contributed by atoms with Gasteiger partial charge >= 0.3 is 0 Å². The van der Waals surface area contributed by atoms with E-state index in [1.54, 1.807) is 0 Å². The van der Waals surface area contributed by atoms with Gasteiger partial charge in [0, 0.05) is 17.3 Å². The summed E-state index contributed by atoms with van der Waals surface area (Å²) in [5, 5.41) is 0. The third-order valence-electron chi connectivity index (χ3n) is 4.21. The number of unbranched alkanes of at least 4 members (excludes halogenated alkanes) is 8. The molecule has 0 N–H and O–H groups in total. The summed E-state index contributed by atoms with van der Waals surface area (Å²) in [6.45, 7) is 8.82. The number of nitrogens with zero attached hydrogens (tertiary/aromatic N) is 1. The summed E-state index contributed by atoms with van der Waals surface area (Å²) in [5.74, 6) is 0. The number of pyridine rings is 1. The van der Waals surface area contributed by atoms with Crippen molar-refractivity contribution in [3.05, 3.63) is 47.6 Å². The minimum absolute atomic E-state index is 1.14. The lowest BCUT2D eigenvalue weighted by molar-refractivity contribution is 0.635. The van der Waals surface area contributed by atoms with Gasteiger partial charge in [-0.3, -0.25) is 4.98 Å². The van der Waals surface area contributed by atoms with E-state index >= 15 is 0 Å². The van der Waals surface area contributed by atoms with E-state index in [2.05, 4.69) is 43.6 Å². The maximum Gasteiger partial charge on any atom is 0.0274 e. The van der Waals surface area contributed by atoms with E-state index in [9.17, 15) is 0 Å². The summed E-state index contributed by atoms with van der Waals surface area (Å²) in [6.07, 6.45) is 20.6. The molecule has 1 nitrogen and oxygen atoms in total. The molecule has 134 valence electrons. The number of rotatable bonds is 14. The molecule has 0 unspecified atom stereocenters. The Morgan fingerprint density at radius 3 is 2.25 bits per heavy atom. The molecule has 0 amide bonds. The molecule has 2 heteroatoms. The van der Waals surface area contributed by atoms with Crippen molar-refractivity contribution in [3.63, 3.8) is 0 Å². The number of hydrogen-bond acceptors (Lipinski definition) is 2. The van der Waals surface area contributed by atoms with Gasteiger partial charge in [-0.05, 0) is 48.3 Å². The summed E-state index contributed by atoms with van der Waals surface area (Å²) < 4.78 is 0. The van der Waals surface area contributed by atoms with Gasteiger partial charge in [-0.25, -0.2) is 0 Å². The Balaban J connectivity index is 2.48. The topological polar surface area (TPSA) is 12.9 Å². The lowest BCUT2D eigenvalue weighted by atomic mass is 10.1. The van der Waals surface area contributed by atoms with Crippen molar-refractivity contribution >= 4 is 16.7 Å². The average Bonchev–Trinajstić information content (AvgIpc) is 2.62. The Labute approximate surface area is 154 Å². The molecule has 1 rings (SSSR count). The van der Waals surface area contributed by atoms with Crippen molar-refractivity contribution in [2.75, 3.05) is 0 Å².